The molecule has 0 saturated heterocycles. The first kappa shape index (κ1) is 13.0. The number of anilines is 1. The first-order valence-corrected chi connectivity index (χ1v) is 6.12. The number of pyridine rings is 1. The second kappa shape index (κ2) is 6.45. The van der Waals surface area contributed by atoms with Crippen molar-refractivity contribution in [3.63, 3.8) is 0 Å². The molecule has 1 N–H and O–H groups in total. The van der Waals surface area contributed by atoms with Crippen molar-refractivity contribution in [1.82, 2.24) is 15.0 Å². The monoisotopic (exact) mass is 253 g/mol. The van der Waals surface area contributed by atoms with Crippen molar-refractivity contribution in [2.75, 3.05) is 11.9 Å². The number of aromatic nitrogens is 3. The van der Waals surface area contributed by atoms with E-state index in [-0.39, 0.29) is 0 Å². The fraction of sp³-hybridized carbons (Fsp3) is 0.286. The first-order chi connectivity index (χ1) is 9.29. The average Bonchev–Trinajstić information content (AvgIpc) is 2.44. The lowest BCUT2D eigenvalue weighted by molar-refractivity contribution is 0.950. The van der Waals surface area contributed by atoms with Gasteiger partial charge in [-0.1, -0.05) is 6.07 Å². The van der Waals surface area contributed by atoms with Gasteiger partial charge in [0.15, 0.2) is 0 Å². The van der Waals surface area contributed by atoms with Gasteiger partial charge in [-0.05, 0) is 30.5 Å². The normalized spacial score (nSPS) is 9.89. The van der Waals surface area contributed by atoms with Gasteiger partial charge in [0.1, 0.15) is 0 Å². The van der Waals surface area contributed by atoms with E-state index in [1.54, 1.807) is 12.4 Å². The molecule has 0 aliphatic rings. The molecule has 0 radical (unpaired) electrons. The van der Waals surface area contributed by atoms with Crippen molar-refractivity contribution >= 4 is 5.95 Å². The van der Waals surface area contributed by atoms with Gasteiger partial charge in [-0.3, -0.25) is 4.98 Å². The van der Waals surface area contributed by atoms with Gasteiger partial charge in [-0.2, -0.15) is 5.26 Å². The molecule has 2 aromatic heterocycles. The van der Waals surface area contributed by atoms with Crippen LogP contribution in [0.3, 0.4) is 0 Å². The Morgan fingerprint density at radius 1 is 1.37 bits per heavy atom. The summed E-state index contributed by atoms with van der Waals surface area (Å²) in [6.07, 6.45) is 6.52. The van der Waals surface area contributed by atoms with E-state index in [4.69, 9.17) is 5.26 Å². The van der Waals surface area contributed by atoms with Crippen LogP contribution in [0.15, 0.2) is 30.7 Å². The van der Waals surface area contributed by atoms with Gasteiger partial charge >= 0.3 is 0 Å². The average molecular weight is 253 g/mol. The SMILES string of the molecule is Cc1cnc(NCCc2cccnc2)nc1CC#N. The van der Waals surface area contributed by atoms with E-state index in [0.717, 1.165) is 24.2 Å². The van der Waals surface area contributed by atoms with E-state index in [9.17, 15) is 0 Å². The molecule has 0 unspecified atom stereocenters. The molecule has 0 aliphatic heterocycles. The Balaban J connectivity index is 1.93. The Kier molecular flexibility index (Phi) is 4.40. The van der Waals surface area contributed by atoms with Crippen molar-refractivity contribution in [3.8, 4) is 6.07 Å². The summed E-state index contributed by atoms with van der Waals surface area (Å²) in [5, 5.41) is 11.9. The number of hydrogen-bond donors (Lipinski definition) is 1. The number of nitriles is 1. The summed E-state index contributed by atoms with van der Waals surface area (Å²) in [6, 6.07) is 6.06. The maximum atomic E-state index is 8.72. The highest BCUT2D eigenvalue weighted by Crippen LogP contribution is 2.07. The lowest BCUT2D eigenvalue weighted by Gasteiger charge is -2.07. The minimum Gasteiger partial charge on any atom is -0.354 e. The smallest absolute Gasteiger partial charge is 0.222 e. The van der Waals surface area contributed by atoms with Crippen molar-refractivity contribution < 1.29 is 0 Å². The molecular weight excluding hydrogens is 238 g/mol. The number of nitrogens with one attached hydrogen (secondary N) is 1. The zero-order chi connectivity index (χ0) is 13.5. The van der Waals surface area contributed by atoms with Crippen molar-refractivity contribution in [3.05, 3.63) is 47.5 Å². The second-order valence-electron chi connectivity index (χ2n) is 4.20. The number of hydrogen-bond acceptors (Lipinski definition) is 5. The maximum absolute atomic E-state index is 8.72. The van der Waals surface area contributed by atoms with Crippen LogP contribution in [0.25, 0.3) is 0 Å². The molecule has 0 saturated carbocycles. The predicted molar refractivity (Wildman–Crippen MR) is 72.5 cm³/mol. The predicted octanol–water partition coefficient (Wildman–Crippen LogP) is 1.90. The molecule has 2 rings (SSSR count). The van der Waals surface area contributed by atoms with Crippen LogP contribution >= 0.6 is 0 Å². The number of rotatable bonds is 5. The highest BCUT2D eigenvalue weighted by Gasteiger charge is 2.03. The Hall–Kier alpha value is -2.48. The summed E-state index contributed by atoms with van der Waals surface area (Å²) in [5.41, 5.74) is 2.89. The molecule has 96 valence electrons. The molecule has 0 spiro atoms. The van der Waals surface area contributed by atoms with Crippen LogP contribution in [0.5, 0.6) is 0 Å². The summed E-state index contributed by atoms with van der Waals surface area (Å²) < 4.78 is 0. The molecular formula is C14H15N5. The Morgan fingerprint density at radius 3 is 3.00 bits per heavy atom. The third kappa shape index (κ3) is 3.75. The highest BCUT2D eigenvalue weighted by molar-refractivity contribution is 5.30. The summed E-state index contributed by atoms with van der Waals surface area (Å²) in [7, 11) is 0. The topological polar surface area (TPSA) is 74.5 Å². The van der Waals surface area contributed by atoms with Crippen LogP contribution in [0.1, 0.15) is 16.8 Å². The molecule has 0 aliphatic carbocycles. The van der Waals surface area contributed by atoms with Gasteiger partial charge in [-0.15, -0.1) is 0 Å². The van der Waals surface area contributed by atoms with Gasteiger partial charge in [0, 0.05) is 25.1 Å². The zero-order valence-electron chi connectivity index (χ0n) is 10.8. The fourth-order valence-corrected chi connectivity index (χ4v) is 1.68. The molecule has 5 heteroatoms. The quantitative estimate of drug-likeness (QED) is 0.880. The highest BCUT2D eigenvalue weighted by atomic mass is 15.1. The second-order valence-corrected chi connectivity index (χ2v) is 4.20. The first-order valence-electron chi connectivity index (χ1n) is 6.12. The summed E-state index contributed by atoms with van der Waals surface area (Å²) in [5.74, 6) is 0.569. The number of aryl methyl sites for hydroxylation is 1. The molecule has 2 heterocycles. The van der Waals surface area contributed by atoms with Crippen molar-refractivity contribution in [2.24, 2.45) is 0 Å². The van der Waals surface area contributed by atoms with Crippen LogP contribution in [-0.2, 0) is 12.8 Å². The fourth-order valence-electron chi connectivity index (χ4n) is 1.68. The third-order valence-electron chi connectivity index (χ3n) is 2.74. The molecule has 0 bridgehead atoms. The summed E-state index contributed by atoms with van der Waals surface area (Å²) in [6.45, 7) is 2.65. The standard InChI is InChI=1S/C14H15N5/c1-11-9-18-14(19-13(11)4-6-15)17-8-5-12-3-2-7-16-10-12/h2-3,7,9-10H,4-5,8H2,1H3,(H,17,18,19). The molecule has 0 amide bonds. The lowest BCUT2D eigenvalue weighted by atomic mass is 10.2. The van der Waals surface area contributed by atoms with E-state index in [1.807, 2.05) is 25.3 Å². The van der Waals surface area contributed by atoms with Gasteiger partial charge in [0.2, 0.25) is 5.95 Å². The largest absolute Gasteiger partial charge is 0.354 e. The summed E-state index contributed by atoms with van der Waals surface area (Å²) in [4.78, 5) is 12.6. The number of nitrogens with zero attached hydrogens (tertiary/aromatic N) is 4. The molecule has 0 fully saturated rings. The van der Waals surface area contributed by atoms with Crippen LogP contribution in [0, 0.1) is 18.3 Å². The Labute approximate surface area is 112 Å². The van der Waals surface area contributed by atoms with Gasteiger partial charge in [0.25, 0.3) is 0 Å². The zero-order valence-corrected chi connectivity index (χ0v) is 10.8. The van der Waals surface area contributed by atoms with E-state index in [1.165, 1.54) is 5.56 Å². The van der Waals surface area contributed by atoms with Gasteiger partial charge in [-0.25, -0.2) is 9.97 Å². The molecule has 0 atom stereocenters. The van der Waals surface area contributed by atoms with E-state index in [2.05, 4.69) is 26.3 Å². The summed E-state index contributed by atoms with van der Waals surface area (Å²) >= 11 is 0. The molecule has 19 heavy (non-hydrogen) atoms. The minimum atomic E-state index is 0.311. The van der Waals surface area contributed by atoms with Crippen LogP contribution in [0.2, 0.25) is 0 Å². The van der Waals surface area contributed by atoms with Crippen molar-refractivity contribution in [2.45, 2.75) is 19.8 Å². The third-order valence-corrected chi connectivity index (χ3v) is 2.74. The molecule has 2 aromatic rings. The minimum absolute atomic E-state index is 0.311. The lowest BCUT2D eigenvalue weighted by Crippen LogP contribution is -2.09. The Bertz CT molecular complexity index is 574. The van der Waals surface area contributed by atoms with E-state index in [0.29, 0.717) is 12.4 Å². The van der Waals surface area contributed by atoms with E-state index >= 15 is 0 Å². The Morgan fingerprint density at radius 2 is 2.26 bits per heavy atom. The van der Waals surface area contributed by atoms with Crippen LogP contribution in [0.4, 0.5) is 5.95 Å². The van der Waals surface area contributed by atoms with Crippen LogP contribution in [-0.4, -0.2) is 21.5 Å². The van der Waals surface area contributed by atoms with Gasteiger partial charge < -0.3 is 5.32 Å². The van der Waals surface area contributed by atoms with Gasteiger partial charge in [0.05, 0.1) is 18.2 Å². The maximum Gasteiger partial charge on any atom is 0.222 e. The van der Waals surface area contributed by atoms with E-state index < -0.39 is 0 Å². The van der Waals surface area contributed by atoms with Crippen LogP contribution < -0.4 is 5.32 Å². The van der Waals surface area contributed by atoms with Crippen molar-refractivity contribution in [1.29, 1.82) is 5.26 Å². The molecule has 0 aromatic carbocycles. The molecule has 5 nitrogen and oxygen atoms in total.